The Morgan fingerprint density at radius 3 is 2.60 bits per heavy atom. The van der Waals surface area contributed by atoms with E-state index in [2.05, 4.69) is 23.1 Å². The van der Waals surface area contributed by atoms with Gasteiger partial charge in [-0.05, 0) is 17.7 Å². The van der Waals surface area contributed by atoms with E-state index >= 15 is 0 Å². The van der Waals surface area contributed by atoms with Gasteiger partial charge in [-0.25, -0.2) is 0 Å². The van der Waals surface area contributed by atoms with E-state index in [-0.39, 0.29) is 43.5 Å². The van der Waals surface area contributed by atoms with E-state index in [0.29, 0.717) is 0 Å². The Hall–Kier alpha value is 0.533. The van der Waals surface area contributed by atoms with Crippen LogP contribution in [0.3, 0.4) is 0 Å². The Morgan fingerprint density at radius 1 is 1.27 bits per heavy atom. The van der Waals surface area contributed by atoms with Crippen LogP contribution < -0.4 is 24.0 Å². The maximum Gasteiger partial charge on any atom is 0.0594 e. The van der Waals surface area contributed by atoms with Gasteiger partial charge < -0.3 is 28.7 Å². The van der Waals surface area contributed by atoms with Gasteiger partial charge in [0.2, 0.25) is 0 Å². The van der Waals surface area contributed by atoms with E-state index < -0.39 is 0 Å². The summed E-state index contributed by atoms with van der Waals surface area (Å²) in [6, 6.07) is 0. The summed E-state index contributed by atoms with van der Waals surface area (Å²) in [4.78, 5) is 2.42. The molecular weight excluding hydrogens is 354 g/mol. The zero-order valence-corrected chi connectivity index (χ0v) is 13.9. The minimum Gasteiger partial charge on any atom is -1.00 e. The summed E-state index contributed by atoms with van der Waals surface area (Å²) >= 11 is 0. The van der Waals surface area contributed by atoms with Gasteiger partial charge in [0.05, 0.1) is 13.2 Å². The van der Waals surface area contributed by atoms with Crippen LogP contribution in [0.15, 0.2) is 29.5 Å². The third kappa shape index (κ3) is 5.41. The normalized spacial score (nSPS) is 20.1. The number of rotatable bonds is 2. The van der Waals surface area contributed by atoms with Gasteiger partial charge in [-0.3, -0.25) is 4.90 Å². The Morgan fingerprint density at radius 2 is 2.00 bits per heavy atom. The molecule has 0 saturated carbocycles. The molecule has 0 aromatic carbocycles. The average molecular weight is 369 g/mol. The van der Waals surface area contributed by atoms with Gasteiger partial charge in [-0.15, -0.1) is 5.73 Å². The fourth-order valence-corrected chi connectivity index (χ4v) is 1.54. The fourth-order valence-electron chi connectivity index (χ4n) is 1.54. The van der Waals surface area contributed by atoms with Gasteiger partial charge in [0.1, 0.15) is 0 Å². The Balaban J connectivity index is 0.000000980. The summed E-state index contributed by atoms with van der Waals surface area (Å²) in [5.41, 5.74) is 4.39. The molecule has 2 rings (SSSR count). The van der Waals surface area contributed by atoms with Crippen molar-refractivity contribution in [2.24, 2.45) is 0 Å². The quantitative estimate of drug-likeness (QED) is 0.323. The molecule has 1 aliphatic carbocycles. The third-order valence-corrected chi connectivity index (χ3v) is 2.30. The smallest absolute Gasteiger partial charge is 0.0594 e. The Kier molecular flexibility index (Phi) is 8.97. The largest absolute Gasteiger partial charge is 1.00 e. The van der Waals surface area contributed by atoms with Gasteiger partial charge >= 0.3 is 0 Å². The number of hydrogen-bond acceptors (Lipinski definition) is 2. The summed E-state index contributed by atoms with van der Waals surface area (Å²) in [7, 11) is 0. The van der Waals surface area contributed by atoms with E-state index in [1.165, 1.54) is 5.57 Å². The molecule has 1 radical (unpaired) electrons. The van der Waals surface area contributed by atoms with Crippen molar-refractivity contribution in [1.82, 2.24) is 4.90 Å². The maximum atomic E-state index is 5.29. The summed E-state index contributed by atoms with van der Waals surface area (Å²) in [5, 5.41) is 0. The first-order chi connectivity index (χ1) is 6.45. The number of morpholine rings is 1. The van der Waals surface area contributed by atoms with Gasteiger partial charge in [0, 0.05) is 45.5 Å². The van der Waals surface area contributed by atoms with E-state index in [4.69, 9.17) is 4.74 Å². The third-order valence-electron chi connectivity index (χ3n) is 2.30. The second-order valence-corrected chi connectivity index (χ2v) is 3.30. The van der Waals surface area contributed by atoms with Gasteiger partial charge in [-0.1, -0.05) is 6.08 Å². The van der Waals surface area contributed by atoms with Crippen molar-refractivity contribution in [3.05, 3.63) is 36.0 Å². The molecule has 0 bridgehead atoms. The van der Waals surface area contributed by atoms with Crippen LogP contribution in [-0.4, -0.2) is 37.7 Å². The van der Waals surface area contributed by atoms with Crippen LogP contribution in [0.2, 0.25) is 0 Å². The van der Waals surface area contributed by atoms with E-state index in [9.17, 15) is 0 Å². The number of ether oxygens (including phenoxy) is 1. The zero-order chi connectivity index (χ0) is 8.93. The summed E-state index contributed by atoms with van der Waals surface area (Å²) in [6.45, 7) is 4.90. The summed E-state index contributed by atoms with van der Waals surface area (Å²) < 4.78 is 5.29. The predicted molar refractivity (Wildman–Crippen MR) is 52.3 cm³/mol. The first-order valence-electron chi connectivity index (χ1n) is 4.70. The molecule has 0 aromatic rings. The van der Waals surface area contributed by atoms with Crippen molar-refractivity contribution < 1.29 is 48.2 Å². The van der Waals surface area contributed by atoms with Gasteiger partial charge in [0.25, 0.3) is 0 Å². The molecule has 15 heavy (non-hydrogen) atoms. The topological polar surface area (TPSA) is 12.5 Å². The van der Waals surface area contributed by atoms with Crippen molar-refractivity contribution in [2.75, 3.05) is 32.8 Å². The minimum absolute atomic E-state index is 0. The fraction of sp³-hybridized carbons (Fsp3) is 0.455. The van der Waals surface area contributed by atoms with E-state index in [1.54, 1.807) is 0 Å². The second-order valence-electron chi connectivity index (χ2n) is 3.30. The van der Waals surface area contributed by atoms with Gasteiger partial charge in [-0.2, -0.15) is 0 Å². The number of allylic oxidation sites excluding steroid dienone is 2. The monoisotopic (exact) mass is 367 g/mol. The maximum absolute atomic E-state index is 5.29. The summed E-state index contributed by atoms with van der Waals surface area (Å²) in [5.74, 6) is 0. The van der Waals surface area contributed by atoms with Crippen molar-refractivity contribution >= 4 is 0 Å². The molecule has 2 aliphatic rings. The molecule has 4 heteroatoms. The predicted octanol–water partition coefficient (Wildman–Crippen LogP) is -1.82. The van der Waals surface area contributed by atoms with Crippen molar-refractivity contribution in [2.45, 2.75) is 0 Å². The number of halogens is 1. The molecule has 79 valence electrons. The van der Waals surface area contributed by atoms with Crippen LogP contribution in [0.25, 0.3) is 0 Å². The average Bonchev–Trinajstić information content (AvgIpc) is 2.21. The first-order valence-corrected chi connectivity index (χ1v) is 4.70. The molecular formula is C11H14INOZn-. The molecule has 0 N–H and O–H groups in total. The van der Waals surface area contributed by atoms with Crippen LogP contribution in [0.5, 0.6) is 0 Å². The second kappa shape index (κ2) is 8.66. The molecule has 1 aliphatic heterocycles. The number of hydrogen-bond donors (Lipinski definition) is 0. The van der Waals surface area contributed by atoms with Crippen LogP contribution >= 0.6 is 0 Å². The molecule has 0 aromatic heterocycles. The number of nitrogens with zero attached hydrogens (tertiary/aromatic N) is 1. The SMILES string of the molecule is C1=C[CH]C(CN2CCOCC2)=CC=1.[I-].[Zn]. The molecule has 1 saturated heterocycles. The van der Waals surface area contributed by atoms with Crippen LogP contribution in [-0.2, 0) is 24.2 Å². The molecule has 0 unspecified atom stereocenters. The van der Waals surface area contributed by atoms with Crippen LogP contribution in [0.1, 0.15) is 0 Å². The Bertz CT molecular complexity index is 266. The molecule has 0 amide bonds. The molecule has 2 nitrogen and oxygen atoms in total. The zero-order valence-electron chi connectivity index (χ0n) is 8.79. The van der Waals surface area contributed by atoms with Crippen molar-refractivity contribution in [1.29, 1.82) is 0 Å². The van der Waals surface area contributed by atoms with Crippen molar-refractivity contribution in [3.8, 4) is 0 Å². The van der Waals surface area contributed by atoms with E-state index in [1.807, 2.05) is 12.2 Å². The molecule has 1 heterocycles. The molecule has 0 spiro atoms. The summed E-state index contributed by atoms with van der Waals surface area (Å²) in [6.07, 6.45) is 8.18. The Labute approximate surface area is 121 Å². The van der Waals surface area contributed by atoms with E-state index in [0.717, 1.165) is 32.8 Å². The van der Waals surface area contributed by atoms with Gasteiger partial charge in [0.15, 0.2) is 0 Å². The van der Waals surface area contributed by atoms with Crippen LogP contribution in [0.4, 0.5) is 0 Å². The first kappa shape index (κ1) is 15.5. The van der Waals surface area contributed by atoms with Crippen molar-refractivity contribution in [3.63, 3.8) is 0 Å². The minimum atomic E-state index is 0. The van der Waals surface area contributed by atoms with Crippen LogP contribution in [0, 0.1) is 6.42 Å². The molecule has 0 atom stereocenters. The standard InChI is InChI=1S/C11H14NO.HI.Zn/c1-2-4-11(5-3-1)10-12-6-8-13-9-7-12;;/h2-5H,6-10H2;1H;/p-1. The molecule has 1 fully saturated rings.